The standard InChI is InChI=1S/C14H22O3/c1-11-6-7-14(13(10-11)12(2)15)17-9-5-4-8-16-3/h6-7,10,12,15H,4-5,8-9H2,1-3H3. The number of unbranched alkanes of at least 4 members (excludes halogenated alkanes) is 1. The molecule has 1 aromatic carbocycles. The first-order valence-corrected chi connectivity index (χ1v) is 6.05. The van der Waals surface area contributed by atoms with Crippen LogP contribution < -0.4 is 4.74 Å². The molecule has 0 saturated heterocycles. The Morgan fingerprint density at radius 1 is 1.24 bits per heavy atom. The lowest BCUT2D eigenvalue weighted by molar-refractivity contribution is 0.178. The van der Waals surface area contributed by atoms with E-state index in [0.717, 1.165) is 36.3 Å². The van der Waals surface area contributed by atoms with Gasteiger partial charge in [0.15, 0.2) is 0 Å². The topological polar surface area (TPSA) is 38.7 Å². The number of methoxy groups -OCH3 is 1. The van der Waals surface area contributed by atoms with Crippen LogP contribution >= 0.6 is 0 Å². The van der Waals surface area contributed by atoms with Crippen molar-refractivity contribution in [3.05, 3.63) is 29.3 Å². The number of aliphatic hydroxyl groups excluding tert-OH is 1. The van der Waals surface area contributed by atoms with Gasteiger partial charge in [-0.05, 0) is 38.8 Å². The van der Waals surface area contributed by atoms with Crippen molar-refractivity contribution in [1.29, 1.82) is 0 Å². The van der Waals surface area contributed by atoms with E-state index in [1.54, 1.807) is 14.0 Å². The molecule has 0 aromatic heterocycles. The van der Waals surface area contributed by atoms with Crippen LogP contribution in [0.25, 0.3) is 0 Å². The Morgan fingerprint density at radius 3 is 2.59 bits per heavy atom. The van der Waals surface area contributed by atoms with Gasteiger partial charge in [0, 0.05) is 19.3 Å². The van der Waals surface area contributed by atoms with Crippen LogP contribution in [0.1, 0.15) is 37.0 Å². The van der Waals surface area contributed by atoms with Crippen LogP contribution in [0, 0.1) is 6.92 Å². The molecular weight excluding hydrogens is 216 g/mol. The van der Waals surface area contributed by atoms with Gasteiger partial charge >= 0.3 is 0 Å². The van der Waals surface area contributed by atoms with Gasteiger partial charge in [0.25, 0.3) is 0 Å². The number of benzene rings is 1. The van der Waals surface area contributed by atoms with Gasteiger partial charge in [-0.2, -0.15) is 0 Å². The Labute approximate surface area is 103 Å². The Bertz CT molecular complexity index is 334. The largest absolute Gasteiger partial charge is 0.493 e. The normalized spacial score (nSPS) is 12.5. The van der Waals surface area contributed by atoms with Gasteiger partial charge in [-0.3, -0.25) is 0 Å². The molecule has 0 aliphatic carbocycles. The molecule has 0 radical (unpaired) electrons. The van der Waals surface area contributed by atoms with Crippen molar-refractivity contribution >= 4 is 0 Å². The lowest BCUT2D eigenvalue weighted by atomic mass is 10.1. The second kappa shape index (κ2) is 7.30. The Hall–Kier alpha value is -1.06. The summed E-state index contributed by atoms with van der Waals surface area (Å²) in [5.74, 6) is 0.781. The van der Waals surface area contributed by atoms with E-state index in [4.69, 9.17) is 9.47 Å². The molecule has 1 N–H and O–H groups in total. The molecule has 0 saturated carbocycles. The highest BCUT2D eigenvalue weighted by Crippen LogP contribution is 2.26. The Balaban J connectivity index is 2.52. The molecule has 0 fully saturated rings. The highest BCUT2D eigenvalue weighted by atomic mass is 16.5. The fraction of sp³-hybridized carbons (Fsp3) is 0.571. The molecule has 17 heavy (non-hydrogen) atoms. The first kappa shape index (κ1) is 14.0. The average molecular weight is 238 g/mol. The second-order valence-corrected chi connectivity index (χ2v) is 4.27. The maximum Gasteiger partial charge on any atom is 0.125 e. The van der Waals surface area contributed by atoms with Crippen LogP contribution in [-0.2, 0) is 4.74 Å². The molecule has 1 atom stereocenters. The van der Waals surface area contributed by atoms with Crippen LogP contribution in [-0.4, -0.2) is 25.4 Å². The van der Waals surface area contributed by atoms with E-state index in [2.05, 4.69) is 0 Å². The molecule has 1 unspecified atom stereocenters. The van der Waals surface area contributed by atoms with E-state index >= 15 is 0 Å². The van der Waals surface area contributed by atoms with Gasteiger partial charge in [0.05, 0.1) is 12.7 Å². The second-order valence-electron chi connectivity index (χ2n) is 4.27. The Kier molecular flexibility index (Phi) is 6.01. The fourth-order valence-corrected chi connectivity index (χ4v) is 1.66. The molecule has 0 spiro atoms. The highest BCUT2D eigenvalue weighted by molar-refractivity contribution is 5.38. The van der Waals surface area contributed by atoms with E-state index in [1.807, 2.05) is 25.1 Å². The molecule has 0 heterocycles. The summed E-state index contributed by atoms with van der Waals surface area (Å²) in [5, 5.41) is 9.67. The number of ether oxygens (including phenoxy) is 2. The van der Waals surface area contributed by atoms with Crippen molar-refractivity contribution in [2.75, 3.05) is 20.3 Å². The van der Waals surface area contributed by atoms with E-state index in [1.165, 1.54) is 0 Å². The number of aliphatic hydroxyl groups is 1. The van der Waals surface area contributed by atoms with Crippen molar-refractivity contribution in [3.8, 4) is 5.75 Å². The highest BCUT2D eigenvalue weighted by Gasteiger charge is 2.09. The van der Waals surface area contributed by atoms with Crippen LogP contribution in [0.4, 0.5) is 0 Å². The number of hydrogen-bond acceptors (Lipinski definition) is 3. The number of aryl methyl sites for hydroxylation is 1. The van der Waals surface area contributed by atoms with Crippen molar-refractivity contribution in [1.82, 2.24) is 0 Å². The van der Waals surface area contributed by atoms with Gasteiger partial charge in [0.1, 0.15) is 5.75 Å². The van der Waals surface area contributed by atoms with Crippen molar-refractivity contribution in [3.63, 3.8) is 0 Å². The maximum absolute atomic E-state index is 9.67. The summed E-state index contributed by atoms with van der Waals surface area (Å²) in [5.41, 5.74) is 1.99. The lowest BCUT2D eigenvalue weighted by Gasteiger charge is -2.14. The van der Waals surface area contributed by atoms with Gasteiger partial charge in [0.2, 0.25) is 0 Å². The summed E-state index contributed by atoms with van der Waals surface area (Å²) in [4.78, 5) is 0. The molecule has 1 rings (SSSR count). The van der Waals surface area contributed by atoms with Gasteiger partial charge in [-0.1, -0.05) is 11.6 Å². The summed E-state index contributed by atoms with van der Waals surface area (Å²) < 4.78 is 10.7. The summed E-state index contributed by atoms with van der Waals surface area (Å²) in [6.07, 6.45) is 1.46. The molecule has 0 amide bonds. The zero-order chi connectivity index (χ0) is 12.7. The third kappa shape index (κ3) is 4.75. The third-order valence-electron chi connectivity index (χ3n) is 2.62. The fourth-order valence-electron chi connectivity index (χ4n) is 1.66. The molecule has 1 aromatic rings. The van der Waals surface area contributed by atoms with Crippen molar-refractivity contribution in [2.45, 2.75) is 32.8 Å². The zero-order valence-corrected chi connectivity index (χ0v) is 10.9. The minimum Gasteiger partial charge on any atom is -0.493 e. The minimum absolute atomic E-state index is 0.496. The smallest absolute Gasteiger partial charge is 0.125 e. The van der Waals surface area contributed by atoms with E-state index in [9.17, 15) is 5.11 Å². The Morgan fingerprint density at radius 2 is 1.94 bits per heavy atom. The summed E-state index contributed by atoms with van der Waals surface area (Å²) >= 11 is 0. The monoisotopic (exact) mass is 238 g/mol. The molecule has 3 nitrogen and oxygen atoms in total. The van der Waals surface area contributed by atoms with Crippen LogP contribution in [0.3, 0.4) is 0 Å². The predicted molar refractivity (Wildman–Crippen MR) is 68.4 cm³/mol. The molecule has 96 valence electrons. The zero-order valence-electron chi connectivity index (χ0n) is 10.9. The van der Waals surface area contributed by atoms with Crippen molar-refractivity contribution in [2.24, 2.45) is 0 Å². The number of hydrogen-bond donors (Lipinski definition) is 1. The number of rotatable bonds is 7. The quantitative estimate of drug-likeness (QED) is 0.742. The van der Waals surface area contributed by atoms with E-state index < -0.39 is 6.10 Å². The van der Waals surface area contributed by atoms with Crippen LogP contribution in [0.15, 0.2) is 18.2 Å². The third-order valence-corrected chi connectivity index (χ3v) is 2.62. The maximum atomic E-state index is 9.67. The summed E-state index contributed by atoms with van der Waals surface area (Å²) in [7, 11) is 1.70. The molecule has 0 aliphatic rings. The van der Waals surface area contributed by atoms with E-state index in [0.29, 0.717) is 6.61 Å². The molecular formula is C14H22O3. The van der Waals surface area contributed by atoms with E-state index in [-0.39, 0.29) is 0 Å². The summed E-state index contributed by atoms with van der Waals surface area (Å²) in [6.45, 7) is 5.19. The van der Waals surface area contributed by atoms with Gasteiger partial charge in [-0.25, -0.2) is 0 Å². The van der Waals surface area contributed by atoms with Crippen LogP contribution in [0.2, 0.25) is 0 Å². The van der Waals surface area contributed by atoms with Crippen LogP contribution in [0.5, 0.6) is 5.75 Å². The molecule has 3 heteroatoms. The van der Waals surface area contributed by atoms with Crippen molar-refractivity contribution < 1.29 is 14.6 Å². The lowest BCUT2D eigenvalue weighted by Crippen LogP contribution is -2.03. The average Bonchev–Trinajstić information content (AvgIpc) is 2.30. The minimum atomic E-state index is -0.496. The predicted octanol–water partition coefficient (Wildman–Crippen LogP) is 2.85. The van der Waals surface area contributed by atoms with Gasteiger partial charge in [-0.15, -0.1) is 0 Å². The first-order chi connectivity index (χ1) is 8.15. The SMILES string of the molecule is COCCCCOc1ccc(C)cc1C(C)O. The first-order valence-electron chi connectivity index (χ1n) is 6.05. The van der Waals surface area contributed by atoms with Gasteiger partial charge < -0.3 is 14.6 Å². The molecule has 0 aliphatic heterocycles. The summed E-state index contributed by atoms with van der Waals surface area (Å²) in [6, 6.07) is 5.89. The molecule has 0 bridgehead atoms.